The smallest absolute Gasteiger partial charge is 0.264 e. The molecule has 0 spiro atoms. The van der Waals surface area contributed by atoms with E-state index < -0.39 is 11.4 Å². The molecular formula is C25H21FN6O3. The average Bonchev–Trinajstić information content (AvgIpc) is 3.31. The van der Waals surface area contributed by atoms with Crippen LogP contribution in [-0.4, -0.2) is 53.9 Å². The number of aromatic nitrogens is 4. The van der Waals surface area contributed by atoms with Crippen LogP contribution in [0.4, 0.5) is 4.39 Å². The van der Waals surface area contributed by atoms with E-state index in [9.17, 15) is 19.1 Å². The Morgan fingerprint density at radius 2 is 1.91 bits per heavy atom. The van der Waals surface area contributed by atoms with Gasteiger partial charge >= 0.3 is 0 Å². The third-order valence-corrected chi connectivity index (χ3v) is 6.31. The first-order valence-electron chi connectivity index (χ1n) is 11.1. The summed E-state index contributed by atoms with van der Waals surface area (Å²) in [7, 11) is 0. The van der Waals surface area contributed by atoms with Gasteiger partial charge in [0, 0.05) is 18.7 Å². The van der Waals surface area contributed by atoms with E-state index in [-0.39, 0.29) is 30.9 Å². The summed E-state index contributed by atoms with van der Waals surface area (Å²) in [5.41, 5.74) is 0.297. The van der Waals surface area contributed by atoms with Crippen molar-refractivity contribution in [1.82, 2.24) is 24.2 Å². The molecule has 0 unspecified atom stereocenters. The Labute approximate surface area is 199 Å². The number of carbonyl (C=O) groups is 1. The van der Waals surface area contributed by atoms with Crippen molar-refractivity contribution in [2.75, 3.05) is 13.1 Å². The predicted octanol–water partition coefficient (Wildman–Crippen LogP) is 2.26. The van der Waals surface area contributed by atoms with E-state index in [1.54, 1.807) is 29.2 Å². The summed E-state index contributed by atoms with van der Waals surface area (Å²) < 4.78 is 16.0. The second-order valence-corrected chi connectivity index (χ2v) is 8.66. The van der Waals surface area contributed by atoms with Crippen LogP contribution in [-0.2, 0) is 6.54 Å². The lowest BCUT2D eigenvalue weighted by molar-refractivity contribution is -0.0299. The third kappa shape index (κ3) is 4.29. The van der Waals surface area contributed by atoms with Gasteiger partial charge in [-0.1, -0.05) is 6.07 Å². The molecule has 0 radical (unpaired) electrons. The number of amides is 1. The molecule has 0 bridgehead atoms. The minimum absolute atomic E-state index is 0.0302. The molecule has 5 rings (SSSR count). The van der Waals surface area contributed by atoms with Gasteiger partial charge in [0.15, 0.2) is 5.65 Å². The number of halogens is 1. The first kappa shape index (κ1) is 22.4. The summed E-state index contributed by atoms with van der Waals surface area (Å²) in [4.78, 5) is 31.8. The van der Waals surface area contributed by atoms with Gasteiger partial charge in [-0.15, -0.1) is 0 Å². The van der Waals surface area contributed by atoms with Crippen molar-refractivity contribution in [2.45, 2.75) is 25.0 Å². The maximum absolute atomic E-state index is 13.1. The van der Waals surface area contributed by atoms with E-state index >= 15 is 0 Å². The Hall–Kier alpha value is -4.36. The number of aliphatic hydroxyl groups is 1. The molecule has 0 atom stereocenters. The lowest BCUT2D eigenvalue weighted by Gasteiger charge is -2.38. The van der Waals surface area contributed by atoms with Crippen LogP contribution in [0.15, 0.2) is 65.8 Å². The number of hydrogen-bond acceptors (Lipinski definition) is 6. The van der Waals surface area contributed by atoms with Gasteiger partial charge in [0.25, 0.3) is 11.5 Å². The molecule has 9 nitrogen and oxygen atoms in total. The molecule has 176 valence electrons. The molecule has 1 aliphatic heterocycles. The second-order valence-electron chi connectivity index (χ2n) is 8.66. The van der Waals surface area contributed by atoms with Crippen LogP contribution in [0.3, 0.4) is 0 Å². The lowest BCUT2D eigenvalue weighted by atomic mass is 9.91. The Kier molecular flexibility index (Phi) is 5.62. The van der Waals surface area contributed by atoms with Crippen molar-refractivity contribution < 1.29 is 14.3 Å². The summed E-state index contributed by atoms with van der Waals surface area (Å²) in [6.45, 7) is 0.650. The molecule has 1 N–H and O–H groups in total. The van der Waals surface area contributed by atoms with E-state index in [0.717, 1.165) is 0 Å². The molecule has 1 fully saturated rings. The van der Waals surface area contributed by atoms with Gasteiger partial charge in [-0.25, -0.2) is 14.1 Å². The van der Waals surface area contributed by atoms with Gasteiger partial charge in [0.1, 0.15) is 17.5 Å². The normalized spacial score (nSPS) is 15.2. The summed E-state index contributed by atoms with van der Waals surface area (Å²) >= 11 is 0. The molecule has 2 aromatic carbocycles. The summed E-state index contributed by atoms with van der Waals surface area (Å²) in [6.07, 6.45) is 3.37. The number of benzene rings is 2. The lowest BCUT2D eigenvalue weighted by Crippen LogP contribution is -2.49. The van der Waals surface area contributed by atoms with Crippen molar-refractivity contribution in [2.24, 2.45) is 0 Å². The van der Waals surface area contributed by atoms with Gasteiger partial charge in [-0.05, 0) is 55.3 Å². The van der Waals surface area contributed by atoms with Crippen LogP contribution in [0.25, 0.3) is 16.7 Å². The fourth-order valence-corrected chi connectivity index (χ4v) is 4.33. The molecule has 2 aromatic heterocycles. The van der Waals surface area contributed by atoms with Crippen LogP contribution in [0.2, 0.25) is 0 Å². The van der Waals surface area contributed by atoms with Gasteiger partial charge in [0.2, 0.25) is 0 Å². The zero-order valence-electron chi connectivity index (χ0n) is 18.6. The highest BCUT2D eigenvalue weighted by Crippen LogP contribution is 2.25. The van der Waals surface area contributed by atoms with Gasteiger partial charge in [0.05, 0.1) is 35.7 Å². The quantitative estimate of drug-likeness (QED) is 0.487. The maximum Gasteiger partial charge on any atom is 0.264 e. The fraction of sp³-hybridized carbons (Fsp3) is 0.240. The highest BCUT2D eigenvalue weighted by Gasteiger charge is 2.35. The SMILES string of the molecule is N#Cc1cccc(-n2ncc3c(=O)n(CC4(O)CCN(C(=O)c5ccc(F)cc5)CC4)cnc32)c1. The second kappa shape index (κ2) is 8.77. The zero-order valence-corrected chi connectivity index (χ0v) is 18.6. The number of carbonyl (C=O) groups excluding carboxylic acids is 1. The Morgan fingerprint density at radius 3 is 2.63 bits per heavy atom. The molecule has 1 aliphatic rings. The minimum atomic E-state index is -1.18. The van der Waals surface area contributed by atoms with Crippen molar-refractivity contribution in [3.63, 3.8) is 0 Å². The van der Waals surface area contributed by atoms with E-state index in [1.807, 2.05) is 0 Å². The van der Waals surface area contributed by atoms with Crippen molar-refractivity contribution in [3.05, 3.63) is 88.4 Å². The molecule has 3 heterocycles. The first-order chi connectivity index (χ1) is 16.9. The largest absolute Gasteiger partial charge is 0.388 e. The molecular weight excluding hydrogens is 451 g/mol. The van der Waals surface area contributed by atoms with E-state index in [2.05, 4.69) is 16.2 Å². The summed E-state index contributed by atoms with van der Waals surface area (Å²) in [6, 6.07) is 14.3. The molecule has 0 aliphatic carbocycles. The summed E-state index contributed by atoms with van der Waals surface area (Å²) in [5, 5.41) is 24.8. The maximum atomic E-state index is 13.1. The number of likely N-dealkylation sites (tertiary alicyclic amines) is 1. The van der Waals surface area contributed by atoms with Gasteiger partial charge in [-0.3, -0.25) is 14.2 Å². The zero-order chi connectivity index (χ0) is 24.6. The van der Waals surface area contributed by atoms with E-state index in [1.165, 1.54) is 46.0 Å². The predicted molar refractivity (Wildman–Crippen MR) is 124 cm³/mol. The number of nitriles is 1. The molecule has 1 amide bonds. The highest BCUT2D eigenvalue weighted by molar-refractivity contribution is 5.94. The van der Waals surface area contributed by atoms with E-state index in [4.69, 9.17) is 5.26 Å². The topological polar surface area (TPSA) is 117 Å². The van der Waals surface area contributed by atoms with Crippen molar-refractivity contribution >= 4 is 16.9 Å². The van der Waals surface area contributed by atoms with Crippen LogP contribution in [0.1, 0.15) is 28.8 Å². The molecule has 10 heteroatoms. The van der Waals surface area contributed by atoms with Crippen LogP contribution in [0.5, 0.6) is 0 Å². The van der Waals surface area contributed by atoms with Crippen molar-refractivity contribution in [1.29, 1.82) is 5.26 Å². The third-order valence-electron chi connectivity index (χ3n) is 6.31. The molecule has 4 aromatic rings. The minimum Gasteiger partial charge on any atom is -0.388 e. The molecule has 1 saturated heterocycles. The fourth-order valence-electron chi connectivity index (χ4n) is 4.33. The van der Waals surface area contributed by atoms with Crippen molar-refractivity contribution in [3.8, 4) is 11.8 Å². The molecule has 35 heavy (non-hydrogen) atoms. The highest BCUT2D eigenvalue weighted by atomic mass is 19.1. The monoisotopic (exact) mass is 472 g/mol. The standard InChI is InChI=1S/C25H21FN6O3/c26-19-6-4-18(5-7-19)23(33)30-10-8-25(35,9-11-30)15-31-16-28-22-21(24(31)34)14-29-32(22)20-3-1-2-17(12-20)13-27/h1-7,12,14,16,35H,8-11,15H2. The average molecular weight is 472 g/mol. The van der Waals surface area contributed by atoms with Crippen LogP contribution >= 0.6 is 0 Å². The number of hydrogen-bond donors (Lipinski definition) is 1. The number of piperidine rings is 1. The van der Waals surface area contributed by atoms with Crippen LogP contribution < -0.4 is 5.56 Å². The Balaban J connectivity index is 1.33. The van der Waals surface area contributed by atoms with Gasteiger partial charge in [-0.2, -0.15) is 10.4 Å². The number of fused-ring (bicyclic) bond motifs is 1. The first-order valence-corrected chi connectivity index (χ1v) is 11.1. The Bertz CT molecular complexity index is 1510. The number of nitrogens with zero attached hydrogens (tertiary/aromatic N) is 6. The van der Waals surface area contributed by atoms with Gasteiger partial charge < -0.3 is 10.0 Å². The van der Waals surface area contributed by atoms with Crippen LogP contribution in [0, 0.1) is 17.1 Å². The van der Waals surface area contributed by atoms with E-state index in [0.29, 0.717) is 40.9 Å². The Morgan fingerprint density at radius 1 is 1.17 bits per heavy atom. The molecule has 0 saturated carbocycles. The summed E-state index contributed by atoms with van der Waals surface area (Å²) in [5.74, 6) is -0.632. The number of rotatable bonds is 4.